The molecule has 0 aromatic heterocycles. The molecule has 0 bridgehead atoms. The van der Waals surface area contributed by atoms with E-state index in [9.17, 15) is 9.59 Å². The fourth-order valence-electron chi connectivity index (χ4n) is 2.18. The number of carbonyl (C=O) groups is 2. The number of benzene rings is 3. The highest BCUT2D eigenvalue weighted by Crippen LogP contribution is 2.29. The molecule has 4 nitrogen and oxygen atoms in total. The summed E-state index contributed by atoms with van der Waals surface area (Å²) >= 11 is 23.6. The summed E-state index contributed by atoms with van der Waals surface area (Å²) in [6.07, 6.45) is 0. The summed E-state index contributed by atoms with van der Waals surface area (Å²) < 4.78 is 10.5. The van der Waals surface area contributed by atoms with Gasteiger partial charge in [0.25, 0.3) is 0 Å². The summed E-state index contributed by atoms with van der Waals surface area (Å²) in [5, 5.41) is 1.27. The molecule has 0 aliphatic rings. The lowest BCUT2D eigenvalue weighted by Gasteiger charge is -2.08. The van der Waals surface area contributed by atoms with E-state index in [4.69, 9.17) is 55.9 Å². The van der Waals surface area contributed by atoms with Gasteiger partial charge in [-0.1, -0.05) is 46.4 Å². The first kappa shape index (κ1) is 20.5. The van der Waals surface area contributed by atoms with Crippen molar-refractivity contribution in [1.29, 1.82) is 0 Å². The molecule has 0 radical (unpaired) electrons. The average molecular weight is 456 g/mol. The van der Waals surface area contributed by atoms with E-state index in [-0.39, 0.29) is 32.7 Å². The van der Waals surface area contributed by atoms with E-state index in [1.165, 1.54) is 48.5 Å². The first-order valence-electron chi connectivity index (χ1n) is 7.78. The third-order valence-corrected chi connectivity index (χ3v) is 4.61. The second-order valence-corrected chi connectivity index (χ2v) is 7.19. The predicted molar refractivity (Wildman–Crippen MR) is 109 cm³/mol. The molecule has 3 aromatic rings. The number of hydrogen-bond donors (Lipinski definition) is 0. The van der Waals surface area contributed by atoms with E-state index in [0.717, 1.165) is 0 Å². The molecule has 3 aromatic carbocycles. The molecule has 0 unspecified atom stereocenters. The fraction of sp³-hybridized carbons (Fsp3) is 0. The summed E-state index contributed by atoms with van der Waals surface area (Å²) in [5.41, 5.74) is 0.458. The SMILES string of the molecule is O=C(Oc1ccc(Cl)cc1Cl)c1ccc(C(=O)Oc2ccc(Cl)cc2Cl)cc1. The van der Waals surface area contributed by atoms with Crippen LogP contribution in [0.3, 0.4) is 0 Å². The second-order valence-electron chi connectivity index (χ2n) is 5.51. The Bertz CT molecular complexity index is 964. The molecule has 142 valence electrons. The molecule has 28 heavy (non-hydrogen) atoms. The number of esters is 2. The van der Waals surface area contributed by atoms with E-state index in [1.807, 2.05) is 0 Å². The Labute approximate surface area is 180 Å². The lowest BCUT2D eigenvalue weighted by atomic mass is 10.1. The number of rotatable bonds is 4. The van der Waals surface area contributed by atoms with Crippen LogP contribution in [0.2, 0.25) is 20.1 Å². The van der Waals surface area contributed by atoms with Gasteiger partial charge in [-0.15, -0.1) is 0 Å². The van der Waals surface area contributed by atoms with Crippen molar-refractivity contribution in [2.75, 3.05) is 0 Å². The summed E-state index contributed by atoms with van der Waals surface area (Å²) in [7, 11) is 0. The quantitative estimate of drug-likeness (QED) is 0.323. The summed E-state index contributed by atoms with van der Waals surface area (Å²) in [5.74, 6) is -0.913. The Morgan fingerprint density at radius 3 is 1.25 bits per heavy atom. The van der Waals surface area contributed by atoms with Crippen LogP contribution >= 0.6 is 46.4 Å². The van der Waals surface area contributed by atoms with Crippen molar-refractivity contribution < 1.29 is 19.1 Å². The summed E-state index contributed by atoms with van der Waals surface area (Å²) in [4.78, 5) is 24.5. The van der Waals surface area contributed by atoms with Crippen molar-refractivity contribution >= 4 is 58.3 Å². The normalized spacial score (nSPS) is 10.4. The smallest absolute Gasteiger partial charge is 0.343 e. The number of hydrogen-bond acceptors (Lipinski definition) is 4. The summed E-state index contributed by atoms with van der Waals surface area (Å²) in [6, 6.07) is 14.8. The van der Waals surface area contributed by atoms with E-state index in [1.54, 1.807) is 12.1 Å². The van der Waals surface area contributed by atoms with Gasteiger partial charge in [-0.25, -0.2) is 9.59 Å². The first-order chi connectivity index (χ1) is 13.3. The van der Waals surface area contributed by atoms with Gasteiger partial charge in [0.1, 0.15) is 11.5 Å². The minimum absolute atomic E-state index is 0.178. The van der Waals surface area contributed by atoms with Crippen LogP contribution < -0.4 is 9.47 Å². The van der Waals surface area contributed by atoms with Crippen LogP contribution in [0.4, 0.5) is 0 Å². The van der Waals surface area contributed by atoms with Crippen LogP contribution in [0, 0.1) is 0 Å². The molecule has 8 heteroatoms. The van der Waals surface area contributed by atoms with Crippen molar-refractivity contribution in [2.45, 2.75) is 0 Å². The summed E-state index contributed by atoms with van der Waals surface area (Å²) in [6.45, 7) is 0. The second kappa shape index (κ2) is 8.84. The number of ether oxygens (including phenoxy) is 2. The van der Waals surface area contributed by atoms with Crippen molar-refractivity contribution in [3.8, 4) is 11.5 Å². The van der Waals surface area contributed by atoms with Crippen molar-refractivity contribution in [2.24, 2.45) is 0 Å². The van der Waals surface area contributed by atoms with Gasteiger partial charge in [0.15, 0.2) is 0 Å². The molecule has 3 rings (SSSR count). The monoisotopic (exact) mass is 454 g/mol. The van der Waals surface area contributed by atoms with Crippen LogP contribution in [-0.2, 0) is 0 Å². The van der Waals surface area contributed by atoms with Crippen LogP contribution in [0.25, 0.3) is 0 Å². The molecule has 0 fully saturated rings. The average Bonchev–Trinajstić information content (AvgIpc) is 2.66. The van der Waals surface area contributed by atoms with E-state index in [0.29, 0.717) is 10.0 Å². The maximum absolute atomic E-state index is 12.2. The molecule has 0 saturated heterocycles. The third-order valence-electron chi connectivity index (χ3n) is 3.55. The minimum Gasteiger partial charge on any atom is -0.421 e. The zero-order chi connectivity index (χ0) is 20.3. The lowest BCUT2D eigenvalue weighted by Crippen LogP contribution is -2.11. The Morgan fingerprint density at radius 1 is 0.571 bits per heavy atom. The van der Waals surface area contributed by atoms with Gasteiger partial charge in [-0.2, -0.15) is 0 Å². The zero-order valence-electron chi connectivity index (χ0n) is 13.9. The predicted octanol–water partition coefficient (Wildman–Crippen LogP) is 6.74. The molecule has 0 atom stereocenters. The first-order valence-corrected chi connectivity index (χ1v) is 9.29. The molecule has 0 saturated carbocycles. The molecular formula is C20H10Cl4O4. The highest BCUT2D eigenvalue weighted by Gasteiger charge is 2.15. The molecule has 0 amide bonds. The van der Waals surface area contributed by atoms with Gasteiger partial charge in [-0.3, -0.25) is 0 Å². The van der Waals surface area contributed by atoms with Crippen LogP contribution in [0.5, 0.6) is 11.5 Å². The molecule has 0 heterocycles. The lowest BCUT2D eigenvalue weighted by molar-refractivity contribution is 0.0720. The molecule has 0 N–H and O–H groups in total. The molecular weight excluding hydrogens is 446 g/mol. The maximum Gasteiger partial charge on any atom is 0.343 e. The Morgan fingerprint density at radius 2 is 0.929 bits per heavy atom. The highest BCUT2D eigenvalue weighted by atomic mass is 35.5. The van der Waals surface area contributed by atoms with Gasteiger partial charge in [0, 0.05) is 10.0 Å². The van der Waals surface area contributed by atoms with Crippen LogP contribution in [0.1, 0.15) is 20.7 Å². The van der Waals surface area contributed by atoms with Crippen LogP contribution in [-0.4, -0.2) is 11.9 Å². The fourth-order valence-corrected chi connectivity index (χ4v) is 3.07. The molecule has 0 spiro atoms. The molecule has 0 aliphatic carbocycles. The van der Waals surface area contributed by atoms with Crippen molar-refractivity contribution in [1.82, 2.24) is 0 Å². The van der Waals surface area contributed by atoms with E-state index >= 15 is 0 Å². The Kier molecular flexibility index (Phi) is 6.47. The van der Waals surface area contributed by atoms with Gasteiger partial charge in [-0.05, 0) is 60.7 Å². The standard InChI is InChI=1S/C20H10Cl4O4/c21-13-5-7-17(15(23)9-13)27-19(25)11-1-2-12(4-3-11)20(26)28-18-8-6-14(22)10-16(18)24/h1-10H. The number of carbonyl (C=O) groups excluding carboxylic acids is 2. The van der Waals surface area contributed by atoms with Gasteiger partial charge in [0.2, 0.25) is 0 Å². The van der Waals surface area contributed by atoms with Gasteiger partial charge in [0.05, 0.1) is 21.2 Å². The van der Waals surface area contributed by atoms with Crippen molar-refractivity contribution in [3.05, 3.63) is 91.9 Å². The number of halogens is 4. The Balaban J connectivity index is 1.70. The highest BCUT2D eigenvalue weighted by molar-refractivity contribution is 6.36. The molecule has 0 aliphatic heterocycles. The van der Waals surface area contributed by atoms with E-state index < -0.39 is 11.9 Å². The zero-order valence-corrected chi connectivity index (χ0v) is 16.9. The van der Waals surface area contributed by atoms with Gasteiger partial charge < -0.3 is 9.47 Å². The minimum atomic E-state index is -0.634. The van der Waals surface area contributed by atoms with Crippen molar-refractivity contribution in [3.63, 3.8) is 0 Å². The Hall–Kier alpha value is -2.24. The van der Waals surface area contributed by atoms with E-state index in [2.05, 4.69) is 0 Å². The van der Waals surface area contributed by atoms with Gasteiger partial charge >= 0.3 is 11.9 Å². The van der Waals surface area contributed by atoms with Crippen LogP contribution in [0.15, 0.2) is 60.7 Å². The maximum atomic E-state index is 12.2. The largest absolute Gasteiger partial charge is 0.421 e. The topological polar surface area (TPSA) is 52.6 Å². The third kappa shape index (κ3) is 4.97.